The lowest BCUT2D eigenvalue weighted by Gasteiger charge is -1.87. The van der Waals surface area contributed by atoms with Crippen LogP contribution in [0.4, 0.5) is 0 Å². The second kappa shape index (κ2) is 5.31. The SMILES string of the molecule is COC(=O)C=CCCN. The molecule has 0 aromatic carbocycles. The van der Waals surface area contributed by atoms with E-state index in [-0.39, 0.29) is 5.97 Å². The molecule has 2 N–H and O–H groups in total. The van der Waals surface area contributed by atoms with Crippen molar-refractivity contribution in [1.29, 1.82) is 0 Å². The molecule has 0 rings (SSSR count). The van der Waals surface area contributed by atoms with Gasteiger partial charge in [0.25, 0.3) is 0 Å². The molecule has 0 radical (unpaired) electrons. The van der Waals surface area contributed by atoms with E-state index < -0.39 is 0 Å². The van der Waals surface area contributed by atoms with E-state index in [2.05, 4.69) is 4.74 Å². The maximum absolute atomic E-state index is 10.3. The average molecular weight is 129 g/mol. The van der Waals surface area contributed by atoms with Crippen LogP contribution in [0.15, 0.2) is 12.2 Å². The molecule has 0 amide bonds. The third-order valence-electron chi connectivity index (χ3n) is 0.788. The van der Waals surface area contributed by atoms with Gasteiger partial charge in [0, 0.05) is 6.08 Å². The van der Waals surface area contributed by atoms with Gasteiger partial charge in [-0.2, -0.15) is 0 Å². The van der Waals surface area contributed by atoms with Crippen molar-refractivity contribution in [3.63, 3.8) is 0 Å². The molecule has 0 aromatic rings. The van der Waals surface area contributed by atoms with Gasteiger partial charge in [-0.15, -0.1) is 0 Å². The highest BCUT2D eigenvalue weighted by Gasteiger charge is 1.86. The number of carbonyl (C=O) groups is 1. The Morgan fingerprint density at radius 3 is 2.89 bits per heavy atom. The number of methoxy groups -OCH3 is 1. The van der Waals surface area contributed by atoms with Crippen LogP contribution in [0, 0.1) is 0 Å². The number of carbonyl (C=O) groups excluding carboxylic acids is 1. The van der Waals surface area contributed by atoms with Gasteiger partial charge in [0.15, 0.2) is 0 Å². The highest BCUT2D eigenvalue weighted by Crippen LogP contribution is 1.80. The molecule has 52 valence electrons. The topological polar surface area (TPSA) is 52.3 Å². The van der Waals surface area contributed by atoms with Gasteiger partial charge < -0.3 is 10.5 Å². The summed E-state index contributed by atoms with van der Waals surface area (Å²) in [6.45, 7) is 0.563. The van der Waals surface area contributed by atoms with Gasteiger partial charge in [-0.1, -0.05) is 6.08 Å². The fraction of sp³-hybridized carbons (Fsp3) is 0.500. The summed E-state index contributed by atoms with van der Waals surface area (Å²) in [6, 6.07) is 0. The molecule has 0 fully saturated rings. The lowest BCUT2D eigenvalue weighted by molar-refractivity contribution is -0.134. The fourth-order valence-electron chi connectivity index (χ4n) is 0.344. The predicted octanol–water partition coefficient (Wildman–Crippen LogP) is 0.0644. The summed E-state index contributed by atoms with van der Waals surface area (Å²) in [7, 11) is 1.34. The van der Waals surface area contributed by atoms with Crippen LogP contribution in [-0.4, -0.2) is 19.6 Å². The molecular formula is C6H11NO2. The van der Waals surface area contributed by atoms with Gasteiger partial charge in [-0.3, -0.25) is 0 Å². The highest BCUT2D eigenvalue weighted by atomic mass is 16.5. The third-order valence-corrected chi connectivity index (χ3v) is 0.788. The summed E-state index contributed by atoms with van der Waals surface area (Å²) in [6.07, 6.45) is 3.77. The van der Waals surface area contributed by atoms with Crippen molar-refractivity contribution in [3.05, 3.63) is 12.2 Å². The van der Waals surface area contributed by atoms with Gasteiger partial charge in [-0.05, 0) is 13.0 Å². The minimum absolute atomic E-state index is 0.330. The molecule has 0 aliphatic rings. The Balaban J connectivity index is 3.32. The Bertz CT molecular complexity index is 110. The monoisotopic (exact) mass is 129 g/mol. The quantitative estimate of drug-likeness (QED) is 0.433. The number of nitrogens with two attached hydrogens (primary N) is 1. The van der Waals surface area contributed by atoms with E-state index >= 15 is 0 Å². The predicted molar refractivity (Wildman–Crippen MR) is 34.8 cm³/mol. The first-order valence-corrected chi connectivity index (χ1v) is 2.76. The zero-order valence-corrected chi connectivity index (χ0v) is 5.46. The van der Waals surface area contributed by atoms with Crippen LogP contribution < -0.4 is 5.73 Å². The van der Waals surface area contributed by atoms with E-state index in [4.69, 9.17) is 5.73 Å². The minimum atomic E-state index is -0.330. The third kappa shape index (κ3) is 5.03. The molecule has 9 heavy (non-hydrogen) atoms. The first-order chi connectivity index (χ1) is 4.31. The molecule has 0 spiro atoms. The number of hydrogen-bond acceptors (Lipinski definition) is 3. The Kier molecular flexibility index (Phi) is 4.82. The van der Waals surface area contributed by atoms with Gasteiger partial charge in [-0.25, -0.2) is 4.79 Å². The van der Waals surface area contributed by atoms with E-state index in [1.165, 1.54) is 13.2 Å². The summed E-state index contributed by atoms with van der Waals surface area (Å²) in [4.78, 5) is 10.3. The highest BCUT2D eigenvalue weighted by molar-refractivity contribution is 5.81. The summed E-state index contributed by atoms with van der Waals surface area (Å²) in [5.41, 5.74) is 5.15. The second-order valence-corrected chi connectivity index (χ2v) is 1.50. The zero-order valence-electron chi connectivity index (χ0n) is 5.46. The first-order valence-electron chi connectivity index (χ1n) is 2.76. The normalized spacial score (nSPS) is 10.0. The maximum Gasteiger partial charge on any atom is 0.330 e. The number of hydrogen-bond donors (Lipinski definition) is 1. The van der Waals surface area contributed by atoms with Crippen molar-refractivity contribution in [2.24, 2.45) is 5.73 Å². The smallest absolute Gasteiger partial charge is 0.330 e. The van der Waals surface area contributed by atoms with Crippen LogP contribution in [-0.2, 0) is 9.53 Å². The molecular weight excluding hydrogens is 118 g/mol. The second-order valence-electron chi connectivity index (χ2n) is 1.50. The molecule has 0 saturated heterocycles. The first kappa shape index (κ1) is 8.17. The molecule has 0 heterocycles. The molecule has 3 nitrogen and oxygen atoms in total. The molecule has 0 aliphatic carbocycles. The van der Waals surface area contributed by atoms with E-state index in [1.54, 1.807) is 6.08 Å². The Morgan fingerprint density at radius 2 is 2.44 bits per heavy atom. The van der Waals surface area contributed by atoms with Crippen molar-refractivity contribution < 1.29 is 9.53 Å². The van der Waals surface area contributed by atoms with E-state index in [0.29, 0.717) is 6.54 Å². The van der Waals surface area contributed by atoms with Crippen molar-refractivity contribution in [1.82, 2.24) is 0 Å². The molecule has 0 aliphatic heterocycles. The molecule has 3 heteroatoms. The Labute approximate surface area is 54.5 Å². The van der Waals surface area contributed by atoms with E-state index in [0.717, 1.165) is 6.42 Å². The lowest BCUT2D eigenvalue weighted by Crippen LogP contribution is -1.97. The molecule has 0 aromatic heterocycles. The number of ether oxygens (including phenoxy) is 1. The lowest BCUT2D eigenvalue weighted by atomic mass is 10.4. The molecule has 0 unspecified atom stereocenters. The molecule has 0 atom stereocenters. The van der Waals surface area contributed by atoms with Gasteiger partial charge in [0.05, 0.1) is 7.11 Å². The largest absolute Gasteiger partial charge is 0.466 e. The molecule has 0 saturated carbocycles. The summed E-state index contributed by atoms with van der Waals surface area (Å²) in [5, 5.41) is 0. The summed E-state index contributed by atoms with van der Waals surface area (Å²) >= 11 is 0. The van der Waals surface area contributed by atoms with Crippen LogP contribution in [0.3, 0.4) is 0 Å². The average Bonchev–Trinajstić information content (AvgIpc) is 1.89. The number of esters is 1. The van der Waals surface area contributed by atoms with Crippen molar-refractivity contribution in [2.45, 2.75) is 6.42 Å². The van der Waals surface area contributed by atoms with Crippen molar-refractivity contribution >= 4 is 5.97 Å². The van der Waals surface area contributed by atoms with Crippen LogP contribution in [0.1, 0.15) is 6.42 Å². The van der Waals surface area contributed by atoms with Crippen LogP contribution in [0.2, 0.25) is 0 Å². The van der Waals surface area contributed by atoms with Crippen molar-refractivity contribution in [2.75, 3.05) is 13.7 Å². The van der Waals surface area contributed by atoms with E-state index in [9.17, 15) is 4.79 Å². The van der Waals surface area contributed by atoms with Crippen LogP contribution in [0.5, 0.6) is 0 Å². The Hall–Kier alpha value is -0.830. The fourth-order valence-corrected chi connectivity index (χ4v) is 0.344. The zero-order chi connectivity index (χ0) is 7.11. The van der Waals surface area contributed by atoms with Gasteiger partial charge in [0.2, 0.25) is 0 Å². The van der Waals surface area contributed by atoms with E-state index in [1.807, 2.05) is 0 Å². The van der Waals surface area contributed by atoms with Crippen LogP contribution in [0.25, 0.3) is 0 Å². The molecule has 0 bridgehead atoms. The van der Waals surface area contributed by atoms with Crippen LogP contribution >= 0.6 is 0 Å². The Morgan fingerprint density at radius 1 is 1.78 bits per heavy atom. The van der Waals surface area contributed by atoms with Gasteiger partial charge in [0.1, 0.15) is 0 Å². The van der Waals surface area contributed by atoms with Gasteiger partial charge >= 0.3 is 5.97 Å². The summed E-state index contributed by atoms with van der Waals surface area (Å²) < 4.78 is 4.33. The summed E-state index contributed by atoms with van der Waals surface area (Å²) in [5.74, 6) is -0.330. The standard InChI is InChI=1S/C6H11NO2/c1-9-6(8)4-2-3-5-7/h2,4H,3,5,7H2,1H3. The number of rotatable bonds is 3. The minimum Gasteiger partial charge on any atom is -0.466 e. The van der Waals surface area contributed by atoms with Crippen molar-refractivity contribution in [3.8, 4) is 0 Å². The maximum atomic E-state index is 10.3.